The van der Waals surface area contributed by atoms with Gasteiger partial charge in [-0.1, -0.05) is 12.8 Å². The van der Waals surface area contributed by atoms with Gasteiger partial charge in [0, 0.05) is 12.6 Å². The van der Waals surface area contributed by atoms with Gasteiger partial charge in [-0.05, 0) is 31.6 Å². The Hall–Kier alpha value is -1.14. The van der Waals surface area contributed by atoms with E-state index in [1.807, 2.05) is 0 Å². The second kappa shape index (κ2) is 6.32. The quantitative estimate of drug-likeness (QED) is 0.780. The summed E-state index contributed by atoms with van der Waals surface area (Å²) in [6, 6.07) is -0.952. The molecule has 118 valence electrons. The highest BCUT2D eigenvalue weighted by Gasteiger charge is 2.45. The smallest absolute Gasteiger partial charge is 0.326 e. The van der Waals surface area contributed by atoms with Crippen molar-refractivity contribution in [3.63, 3.8) is 0 Å². The lowest BCUT2D eigenvalue weighted by Gasteiger charge is -2.48. The van der Waals surface area contributed by atoms with Crippen molar-refractivity contribution in [2.45, 2.75) is 56.7 Å². The van der Waals surface area contributed by atoms with E-state index in [9.17, 15) is 14.7 Å². The van der Waals surface area contributed by atoms with E-state index in [4.69, 9.17) is 4.74 Å². The van der Waals surface area contributed by atoms with Crippen molar-refractivity contribution in [2.75, 3.05) is 19.8 Å². The molecule has 1 aliphatic carbocycles. The first kappa shape index (κ1) is 14.8. The zero-order chi connectivity index (χ0) is 14.8. The summed E-state index contributed by atoms with van der Waals surface area (Å²) in [6.07, 6.45) is 5.86. The van der Waals surface area contributed by atoms with Crippen molar-refractivity contribution < 1.29 is 19.4 Å². The van der Waals surface area contributed by atoms with Gasteiger partial charge in [0.05, 0.1) is 13.2 Å². The van der Waals surface area contributed by atoms with E-state index in [-0.39, 0.29) is 18.0 Å². The van der Waals surface area contributed by atoms with Crippen LogP contribution in [0.4, 0.5) is 0 Å². The van der Waals surface area contributed by atoms with Crippen molar-refractivity contribution in [2.24, 2.45) is 5.92 Å². The summed E-state index contributed by atoms with van der Waals surface area (Å²) in [5.41, 5.74) is 0. The molecule has 3 fully saturated rings. The van der Waals surface area contributed by atoms with Gasteiger partial charge < -0.3 is 20.1 Å². The highest BCUT2D eigenvalue weighted by molar-refractivity contribution is 5.87. The Morgan fingerprint density at radius 3 is 2.67 bits per heavy atom. The molecule has 3 rings (SSSR count). The fraction of sp³-hybridized carbons (Fsp3) is 0.867. The molecule has 6 nitrogen and oxygen atoms in total. The third-order valence-electron chi connectivity index (χ3n) is 5.13. The van der Waals surface area contributed by atoms with Crippen molar-refractivity contribution in [1.82, 2.24) is 10.2 Å². The van der Waals surface area contributed by atoms with E-state index in [0.29, 0.717) is 32.1 Å². The van der Waals surface area contributed by atoms with Crippen molar-refractivity contribution in [1.29, 1.82) is 0 Å². The number of hydrogen-bond acceptors (Lipinski definition) is 4. The topological polar surface area (TPSA) is 78.9 Å². The van der Waals surface area contributed by atoms with Gasteiger partial charge >= 0.3 is 5.97 Å². The van der Waals surface area contributed by atoms with Gasteiger partial charge in [0.1, 0.15) is 12.1 Å². The third-order valence-corrected chi connectivity index (χ3v) is 5.13. The normalized spacial score (nSPS) is 36.9. The van der Waals surface area contributed by atoms with Crippen LogP contribution in [0.2, 0.25) is 0 Å². The molecule has 2 saturated heterocycles. The summed E-state index contributed by atoms with van der Waals surface area (Å²) >= 11 is 0. The van der Waals surface area contributed by atoms with Gasteiger partial charge in [0.2, 0.25) is 5.91 Å². The monoisotopic (exact) mass is 296 g/mol. The fourth-order valence-corrected chi connectivity index (χ4v) is 4.10. The molecule has 0 aromatic carbocycles. The standard InChI is InChI=1S/C15H24N2O4/c18-14(11-9-21-8-7-16-11)17-12-4-2-1-3-10(12)5-6-13(17)15(19)20/h10-13,16H,1-9H2,(H,19,20). The number of likely N-dealkylation sites (tertiary alicyclic amines) is 1. The second-order valence-corrected chi connectivity index (χ2v) is 6.37. The first-order valence-electron chi connectivity index (χ1n) is 8.04. The Morgan fingerprint density at radius 2 is 1.95 bits per heavy atom. The van der Waals surface area contributed by atoms with E-state index >= 15 is 0 Å². The van der Waals surface area contributed by atoms with Gasteiger partial charge in [0.15, 0.2) is 0 Å². The minimum absolute atomic E-state index is 0.0845. The van der Waals surface area contributed by atoms with Gasteiger partial charge in [-0.25, -0.2) is 4.79 Å². The van der Waals surface area contributed by atoms with Crippen LogP contribution in [0.1, 0.15) is 38.5 Å². The van der Waals surface area contributed by atoms with Crippen LogP contribution in [-0.2, 0) is 14.3 Å². The van der Waals surface area contributed by atoms with Gasteiger partial charge in [-0.15, -0.1) is 0 Å². The summed E-state index contributed by atoms with van der Waals surface area (Å²) in [5.74, 6) is -0.481. The van der Waals surface area contributed by atoms with Crippen LogP contribution in [0.5, 0.6) is 0 Å². The number of ether oxygens (including phenoxy) is 1. The molecule has 0 spiro atoms. The molecule has 21 heavy (non-hydrogen) atoms. The Balaban J connectivity index is 1.81. The highest BCUT2D eigenvalue weighted by Crippen LogP contribution is 2.38. The Morgan fingerprint density at radius 1 is 1.14 bits per heavy atom. The average molecular weight is 296 g/mol. The van der Waals surface area contributed by atoms with Crippen LogP contribution in [0.15, 0.2) is 0 Å². The number of nitrogens with zero attached hydrogens (tertiary/aromatic N) is 1. The maximum absolute atomic E-state index is 12.8. The third kappa shape index (κ3) is 2.92. The molecule has 4 unspecified atom stereocenters. The first-order chi connectivity index (χ1) is 10.2. The average Bonchev–Trinajstić information content (AvgIpc) is 2.53. The van der Waals surface area contributed by atoms with Crippen LogP contribution in [0.25, 0.3) is 0 Å². The van der Waals surface area contributed by atoms with Crippen LogP contribution < -0.4 is 5.32 Å². The van der Waals surface area contributed by atoms with E-state index in [1.54, 1.807) is 4.90 Å². The predicted octanol–water partition coefficient (Wildman–Crippen LogP) is 0.609. The number of rotatable bonds is 2. The maximum atomic E-state index is 12.8. The molecular formula is C15H24N2O4. The van der Waals surface area contributed by atoms with Crippen LogP contribution >= 0.6 is 0 Å². The number of morpholine rings is 1. The molecule has 2 N–H and O–H groups in total. The molecule has 1 amide bonds. The Labute approximate surface area is 124 Å². The summed E-state index contributed by atoms with van der Waals surface area (Å²) in [4.78, 5) is 26.1. The van der Waals surface area contributed by atoms with Crippen molar-refractivity contribution in [3.8, 4) is 0 Å². The Bertz CT molecular complexity index is 408. The molecule has 0 aromatic heterocycles. The highest BCUT2D eigenvalue weighted by atomic mass is 16.5. The summed E-state index contributed by atoms with van der Waals surface area (Å²) < 4.78 is 5.37. The summed E-state index contributed by atoms with van der Waals surface area (Å²) in [7, 11) is 0. The van der Waals surface area contributed by atoms with Crippen LogP contribution in [-0.4, -0.2) is 59.8 Å². The maximum Gasteiger partial charge on any atom is 0.326 e. The second-order valence-electron chi connectivity index (χ2n) is 6.37. The van der Waals surface area contributed by atoms with Gasteiger partial charge in [-0.3, -0.25) is 4.79 Å². The number of nitrogens with one attached hydrogen (secondary N) is 1. The largest absolute Gasteiger partial charge is 0.480 e. The molecule has 4 atom stereocenters. The van der Waals surface area contributed by atoms with E-state index in [1.165, 1.54) is 6.42 Å². The zero-order valence-corrected chi connectivity index (χ0v) is 12.3. The van der Waals surface area contributed by atoms with Gasteiger partial charge in [0.25, 0.3) is 0 Å². The van der Waals surface area contributed by atoms with Crippen LogP contribution in [0, 0.1) is 5.92 Å². The molecule has 0 bridgehead atoms. The molecule has 2 aliphatic heterocycles. The first-order valence-corrected chi connectivity index (χ1v) is 8.04. The number of fused-ring (bicyclic) bond motifs is 1. The molecule has 0 aromatic rings. The minimum atomic E-state index is -0.871. The number of carboxylic acids is 1. The number of carboxylic acid groups (broad SMARTS) is 1. The number of hydrogen-bond donors (Lipinski definition) is 2. The van der Waals surface area contributed by atoms with E-state index < -0.39 is 12.0 Å². The Kier molecular flexibility index (Phi) is 4.45. The summed E-state index contributed by atoms with van der Waals surface area (Å²) in [5, 5.41) is 12.7. The molecule has 1 saturated carbocycles. The van der Waals surface area contributed by atoms with Crippen molar-refractivity contribution in [3.05, 3.63) is 0 Å². The SMILES string of the molecule is O=C(O)C1CCC2CCCCC2N1C(=O)C1COCCN1. The molecule has 0 radical (unpaired) electrons. The van der Waals surface area contributed by atoms with E-state index in [2.05, 4.69) is 5.32 Å². The lowest BCUT2D eigenvalue weighted by molar-refractivity contribution is -0.160. The van der Waals surface area contributed by atoms with E-state index in [0.717, 1.165) is 25.7 Å². The number of aliphatic carboxylic acids is 1. The molecule has 3 aliphatic rings. The molecular weight excluding hydrogens is 272 g/mol. The number of carbonyl (C=O) groups excluding carboxylic acids is 1. The lowest BCUT2D eigenvalue weighted by Crippen LogP contribution is -2.63. The predicted molar refractivity (Wildman–Crippen MR) is 75.9 cm³/mol. The molecule has 6 heteroatoms. The van der Waals surface area contributed by atoms with Gasteiger partial charge in [-0.2, -0.15) is 0 Å². The lowest BCUT2D eigenvalue weighted by atomic mass is 9.76. The molecule has 2 heterocycles. The zero-order valence-electron chi connectivity index (χ0n) is 12.3. The number of carbonyl (C=O) groups is 2. The number of amides is 1. The van der Waals surface area contributed by atoms with Crippen molar-refractivity contribution >= 4 is 11.9 Å². The minimum Gasteiger partial charge on any atom is -0.480 e. The summed E-state index contributed by atoms with van der Waals surface area (Å²) in [6.45, 7) is 1.60. The number of piperidine rings is 1. The fourth-order valence-electron chi connectivity index (χ4n) is 4.10. The van der Waals surface area contributed by atoms with Crippen LogP contribution in [0.3, 0.4) is 0 Å².